The maximum absolute atomic E-state index is 8.02. The third kappa shape index (κ3) is 8.45. The Morgan fingerprint density at radius 1 is 0.418 bits per heavy atom. The average Bonchev–Trinajstić information content (AvgIpc) is 0.981. The van der Waals surface area contributed by atoms with Gasteiger partial charge in [0.15, 0.2) is 0 Å². The number of nitrogens with zero attached hydrogens (tertiary/aromatic N) is 3. The van der Waals surface area contributed by atoms with E-state index >= 15 is 0 Å². The van der Waals surface area contributed by atoms with Crippen LogP contribution in [0.5, 0.6) is 0 Å². The van der Waals surface area contributed by atoms with E-state index in [1.54, 1.807) is 0 Å². The number of hydrogen-bond acceptors (Lipinski definition) is 3. The molecule has 91 heavy (non-hydrogen) atoms. The van der Waals surface area contributed by atoms with Gasteiger partial charge >= 0.3 is 0 Å². The maximum Gasteiger partial charge on any atom is 0.297 e. The van der Waals surface area contributed by atoms with Crippen LogP contribution in [0.25, 0.3) is 49.6 Å². The van der Waals surface area contributed by atoms with Gasteiger partial charge in [0.05, 0.1) is 33.8 Å². The zero-order valence-electron chi connectivity index (χ0n) is 58.5. The molecule has 464 valence electrons. The van der Waals surface area contributed by atoms with Crippen molar-refractivity contribution in [3.63, 3.8) is 0 Å². The number of benzene rings is 8. The Labute approximate surface area is 543 Å². The number of rotatable bonds is 4. The highest BCUT2D eigenvalue weighted by atomic mass is 16.3. The van der Waals surface area contributed by atoms with Crippen LogP contribution < -0.4 is 26.4 Å². The van der Waals surface area contributed by atoms with Crippen LogP contribution in [0.4, 0.5) is 34.1 Å². The highest BCUT2D eigenvalue weighted by Crippen LogP contribution is 2.63. The summed E-state index contributed by atoms with van der Waals surface area (Å²) in [5.74, 6) is 0. The molecular formula is C86H96BN3O. The number of aromatic nitrogens is 1. The van der Waals surface area contributed by atoms with E-state index in [4.69, 9.17) is 4.42 Å². The van der Waals surface area contributed by atoms with E-state index in [9.17, 15) is 0 Å². The predicted molar refractivity (Wildman–Crippen MR) is 390 cm³/mol. The summed E-state index contributed by atoms with van der Waals surface area (Å²) >= 11 is 0. The monoisotopic (exact) mass is 1200 g/mol. The van der Waals surface area contributed by atoms with Crippen LogP contribution in [0.2, 0.25) is 0 Å². The molecule has 0 radical (unpaired) electrons. The van der Waals surface area contributed by atoms with Crippen molar-refractivity contribution in [3.05, 3.63) is 189 Å². The minimum atomic E-state index is -0.227. The van der Waals surface area contributed by atoms with E-state index in [-0.39, 0.29) is 55.4 Å². The van der Waals surface area contributed by atoms with Crippen molar-refractivity contribution >= 4 is 90.2 Å². The standard InChI is InChI=1S/C86H96BN3O/c1-50-38-60-62(83(15,16)34-32-81(60,11)12)46-67(50)89-71-41-54(80(8,9)10)28-31-66(71)87-75-72(89)42-55(88-68-39-52(78(2,3)4)26-29-56(68)57-30-27-53(40-69(57)88)79(5,6)7)43-73(75)90(76-59-45-64-65(48-74(59)91-77(76)87)86(20)37-36-85(64,19)49-86)70-47-63-61(82(13,14)33-35-84(63,17)18)44-58(70)51-24-22-21-23-25-51/h21-31,38-48H,32-37,49H2,1-20H3. The molecule has 0 amide bonds. The zero-order valence-corrected chi connectivity index (χ0v) is 58.5. The van der Waals surface area contributed by atoms with Gasteiger partial charge in [0, 0.05) is 44.5 Å². The van der Waals surface area contributed by atoms with Crippen LogP contribution in [0, 0.1) is 6.92 Å². The molecule has 2 aliphatic heterocycles. The molecule has 2 atom stereocenters. The normalized spacial score (nSPS) is 21.5. The van der Waals surface area contributed by atoms with Gasteiger partial charge in [-0.3, -0.25) is 0 Å². The fourth-order valence-corrected chi connectivity index (χ4v) is 18.5. The molecule has 0 saturated heterocycles. The van der Waals surface area contributed by atoms with E-state index < -0.39 is 0 Å². The van der Waals surface area contributed by atoms with Gasteiger partial charge in [0.25, 0.3) is 6.71 Å². The molecule has 6 aliphatic rings. The van der Waals surface area contributed by atoms with Crippen LogP contribution in [-0.4, -0.2) is 11.3 Å². The fourth-order valence-electron chi connectivity index (χ4n) is 18.5. The SMILES string of the molecule is Cc1cc2c(cc1N1c3cc(C(C)(C)C)ccc3B3c4oc5cc6c(cc5c4N(c4cc5c(cc4-c4ccccc4)C(C)(C)CCC5(C)C)c4cc(-n5c7cc(C(C)(C)C)ccc7c7ccc(C(C)(C)C)cc75)cc1c43)C1(C)CCC6(C)C1)C(C)(C)CCC2(C)C. The lowest BCUT2D eigenvalue weighted by atomic mass is 9.35. The van der Waals surface area contributed by atoms with Gasteiger partial charge in [0.2, 0.25) is 0 Å². The van der Waals surface area contributed by atoms with Gasteiger partial charge in [-0.15, -0.1) is 0 Å². The zero-order chi connectivity index (χ0) is 64.2. The number of furan rings is 1. The van der Waals surface area contributed by atoms with E-state index in [2.05, 4.69) is 286 Å². The van der Waals surface area contributed by atoms with Crippen LogP contribution in [0.1, 0.15) is 232 Å². The number of fused-ring (bicyclic) bond motifs is 16. The van der Waals surface area contributed by atoms with Gasteiger partial charge in [-0.1, -0.05) is 204 Å². The Morgan fingerprint density at radius 3 is 1.45 bits per heavy atom. The summed E-state index contributed by atoms with van der Waals surface area (Å²) in [4.78, 5) is 5.53. The Bertz CT molecular complexity index is 4730. The van der Waals surface area contributed by atoms with Crippen LogP contribution >= 0.6 is 0 Å². The predicted octanol–water partition coefficient (Wildman–Crippen LogP) is 21.9. The largest absolute Gasteiger partial charge is 0.468 e. The first kappa shape index (κ1) is 58.8. The Balaban J connectivity index is 1.12. The second-order valence-electron chi connectivity index (χ2n) is 35.8. The Morgan fingerprint density at radius 2 is 0.901 bits per heavy atom. The van der Waals surface area contributed by atoms with Crippen LogP contribution in [-0.2, 0) is 48.7 Å². The van der Waals surface area contributed by atoms with E-state index in [1.165, 1.54) is 158 Å². The molecule has 4 nitrogen and oxygen atoms in total. The third-order valence-corrected chi connectivity index (χ3v) is 24.4. The number of aryl methyl sites for hydroxylation is 1. The summed E-state index contributed by atoms with van der Waals surface area (Å²) in [6.45, 7) is 48.5. The van der Waals surface area contributed by atoms with Crippen molar-refractivity contribution in [2.75, 3.05) is 9.80 Å². The fraction of sp³-hybridized carbons (Fsp3) is 0.419. The lowest BCUT2D eigenvalue weighted by Gasteiger charge is -2.46. The highest BCUT2D eigenvalue weighted by molar-refractivity contribution is 7.00. The molecule has 10 aromatic rings. The average molecular weight is 1200 g/mol. The summed E-state index contributed by atoms with van der Waals surface area (Å²) in [6.07, 6.45) is 8.16. The lowest BCUT2D eigenvalue weighted by molar-refractivity contribution is 0.332. The van der Waals surface area contributed by atoms with Crippen molar-refractivity contribution in [2.24, 2.45) is 0 Å². The second-order valence-corrected chi connectivity index (χ2v) is 35.8. The quantitative estimate of drug-likeness (QED) is 0.164. The van der Waals surface area contributed by atoms with Crippen LogP contribution in [0.3, 0.4) is 0 Å². The molecule has 4 heterocycles. The topological polar surface area (TPSA) is 24.6 Å². The van der Waals surface area contributed by atoms with Gasteiger partial charge in [-0.2, -0.15) is 0 Å². The van der Waals surface area contributed by atoms with Crippen molar-refractivity contribution < 1.29 is 4.42 Å². The van der Waals surface area contributed by atoms with Crippen molar-refractivity contribution in [1.82, 2.24) is 4.57 Å². The van der Waals surface area contributed by atoms with Crippen molar-refractivity contribution in [3.8, 4) is 16.8 Å². The van der Waals surface area contributed by atoms with Crippen molar-refractivity contribution in [2.45, 2.75) is 232 Å². The smallest absolute Gasteiger partial charge is 0.297 e. The molecule has 2 unspecified atom stereocenters. The minimum absolute atomic E-state index is 0.0150. The number of hydrogen-bond donors (Lipinski definition) is 0. The Kier molecular flexibility index (Phi) is 12.0. The molecule has 1 fully saturated rings. The Hall–Kier alpha value is -7.24. The van der Waals surface area contributed by atoms with Gasteiger partial charge in [0.1, 0.15) is 5.58 Å². The van der Waals surface area contributed by atoms with Crippen LogP contribution in [0.15, 0.2) is 138 Å². The van der Waals surface area contributed by atoms with E-state index in [0.29, 0.717) is 0 Å². The summed E-state index contributed by atoms with van der Waals surface area (Å²) in [6, 6.07) is 54.5. The van der Waals surface area contributed by atoms with Gasteiger partial charge < -0.3 is 18.8 Å². The molecule has 16 rings (SSSR count). The molecule has 8 aromatic carbocycles. The molecule has 2 aromatic heterocycles. The molecule has 1 saturated carbocycles. The second kappa shape index (κ2) is 18.5. The molecule has 4 aliphatic carbocycles. The maximum atomic E-state index is 8.02. The van der Waals surface area contributed by atoms with E-state index in [1.807, 2.05) is 0 Å². The molecular weight excluding hydrogens is 1100 g/mol. The van der Waals surface area contributed by atoms with Gasteiger partial charge in [-0.05, 0) is 233 Å². The number of anilines is 6. The van der Waals surface area contributed by atoms with Gasteiger partial charge in [-0.25, -0.2) is 0 Å². The molecule has 5 heteroatoms. The molecule has 0 N–H and O–H groups in total. The summed E-state index contributed by atoms with van der Waals surface area (Å²) < 4.78 is 10.7. The summed E-state index contributed by atoms with van der Waals surface area (Å²) in [7, 11) is 0. The third-order valence-electron chi connectivity index (χ3n) is 24.4. The summed E-state index contributed by atoms with van der Waals surface area (Å²) in [5, 5.41) is 3.76. The highest BCUT2D eigenvalue weighted by Gasteiger charge is 2.55. The lowest BCUT2D eigenvalue weighted by Crippen LogP contribution is -2.61. The van der Waals surface area contributed by atoms with Crippen molar-refractivity contribution in [1.29, 1.82) is 0 Å². The molecule has 2 bridgehead atoms. The first-order valence-corrected chi connectivity index (χ1v) is 34.6. The molecule has 0 spiro atoms. The first-order chi connectivity index (χ1) is 42.6. The van der Waals surface area contributed by atoms with E-state index in [0.717, 1.165) is 42.6 Å². The first-order valence-electron chi connectivity index (χ1n) is 34.6. The minimum Gasteiger partial charge on any atom is -0.468 e. The summed E-state index contributed by atoms with van der Waals surface area (Å²) in [5.41, 5.74) is 32.0.